The van der Waals surface area contributed by atoms with Crippen molar-refractivity contribution in [1.29, 1.82) is 0 Å². The summed E-state index contributed by atoms with van der Waals surface area (Å²) in [5, 5.41) is 3.14. The topological polar surface area (TPSA) is 78.8 Å². The highest BCUT2D eigenvalue weighted by molar-refractivity contribution is 8.00. The molecule has 2 aliphatic rings. The summed E-state index contributed by atoms with van der Waals surface area (Å²) < 4.78 is 29.4. The number of likely N-dealkylation sites (tertiary alicyclic amines) is 1. The summed E-state index contributed by atoms with van der Waals surface area (Å²) in [6.45, 7) is 7.23. The minimum atomic E-state index is -3.68. The van der Waals surface area contributed by atoms with Crippen molar-refractivity contribution in [2.24, 2.45) is 10.3 Å². The van der Waals surface area contributed by atoms with Crippen LogP contribution in [0.25, 0.3) is 4.91 Å². The number of benzene rings is 1. The summed E-state index contributed by atoms with van der Waals surface area (Å²) in [6.07, 6.45) is 3.47. The van der Waals surface area contributed by atoms with Crippen molar-refractivity contribution in [3.63, 3.8) is 0 Å². The van der Waals surface area contributed by atoms with Crippen molar-refractivity contribution in [2.45, 2.75) is 52.5 Å². The molecule has 1 amide bonds. The van der Waals surface area contributed by atoms with Gasteiger partial charge in [-0.05, 0) is 31.7 Å². The Hall–Kier alpha value is -2.15. The zero-order valence-corrected chi connectivity index (χ0v) is 17.6. The van der Waals surface area contributed by atoms with Gasteiger partial charge in [0.15, 0.2) is 0 Å². The predicted octanol–water partition coefficient (Wildman–Crippen LogP) is 3.18. The fourth-order valence-electron chi connectivity index (χ4n) is 3.92. The molecule has 0 aliphatic carbocycles. The van der Waals surface area contributed by atoms with E-state index in [1.807, 2.05) is 36.9 Å². The first-order valence-electron chi connectivity index (χ1n) is 10.0. The van der Waals surface area contributed by atoms with Gasteiger partial charge in [0, 0.05) is 30.6 Å². The van der Waals surface area contributed by atoms with Gasteiger partial charge in [-0.25, -0.2) is 0 Å². The van der Waals surface area contributed by atoms with Crippen molar-refractivity contribution in [1.82, 2.24) is 10.2 Å². The molecule has 1 N–H and O–H groups in total. The van der Waals surface area contributed by atoms with E-state index >= 15 is 0 Å². The van der Waals surface area contributed by atoms with Gasteiger partial charge in [-0.3, -0.25) is 4.79 Å². The van der Waals surface area contributed by atoms with E-state index in [2.05, 4.69) is 16.6 Å². The van der Waals surface area contributed by atoms with Gasteiger partial charge in [0.1, 0.15) is 10.7 Å². The van der Waals surface area contributed by atoms with Crippen LogP contribution < -0.4 is 5.32 Å². The lowest BCUT2D eigenvalue weighted by Crippen LogP contribution is -2.47. The molecule has 0 saturated carbocycles. The number of amides is 1. The number of sulfonamides is 1. The van der Waals surface area contributed by atoms with E-state index in [0.717, 1.165) is 25.7 Å². The number of hydrogen-bond donors (Lipinski definition) is 1. The lowest BCUT2D eigenvalue weighted by atomic mass is 10.0. The lowest BCUT2D eigenvalue weighted by Gasteiger charge is -2.34. The molecule has 28 heavy (non-hydrogen) atoms. The van der Waals surface area contributed by atoms with E-state index in [4.69, 9.17) is 0 Å². The minimum Gasteiger partial charge on any atom is -0.356 e. The third-order valence-corrected chi connectivity index (χ3v) is 6.96. The number of hydrogen-bond acceptors (Lipinski definition) is 4. The van der Waals surface area contributed by atoms with Gasteiger partial charge in [0.2, 0.25) is 5.91 Å². The van der Waals surface area contributed by atoms with Crippen molar-refractivity contribution in [2.75, 3.05) is 13.1 Å². The Morgan fingerprint density at radius 1 is 1.25 bits per heavy atom. The maximum Gasteiger partial charge on any atom is 0.285 e. The minimum absolute atomic E-state index is 0.0333. The molecule has 7 heteroatoms. The van der Waals surface area contributed by atoms with Gasteiger partial charge in [-0.2, -0.15) is 8.42 Å². The molecule has 0 radical (unpaired) electrons. The van der Waals surface area contributed by atoms with Crippen LogP contribution in [0, 0.1) is 5.92 Å². The highest BCUT2D eigenvalue weighted by Crippen LogP contribution is 2.34. The summed E-state index contributed by atoms with van der Waals surface area (Å²) in [6, 6.07) is 9.26. The van der Waals surface area contributed by atoms with Crippen LogP contribution >= 0.6 is 0 Å². The number of amidine groups is 1. The third kappa shape index (κ3) is 4.29. The number of carbonyl (C=O) groups is 1. The maximum atomic E-state index is 12.6. The highest BCUT2D eigenvalue weighted by Gasteiger charge is 2.35. The Labute approximate surface area is 167 Å². The van der Waals surface area contributed by atoms with Crippen LogP contribution in [-0.2, 0) is 14.8 Å². The van der Waals surface area contributed by atoms with Gasteiger partial charge < -0.3 is 10.2 Å². The molecular weight excluding hydrogens is 374 g/mol. The number of piperidine rings is 1. The molecule has 3 rings (SSSR count). The molecule has 1 atom stereocenters. The Balaban J connectivity index is 1.68. The van der Waals surface area contributed by atoms with Crippen molar-refractivity contribution >= 4 is 26.7 Å². The van der Waals surface area contributed by atoms with Crippen LogP contribution in [0.1, 0.15) is 52.0 Å². The molecule has 1 aromatic carbocycles. The van der Waals surface area contributed by atoms with E-state index in [0.29, 0.717) is 35.0 Å². The summed E-state index contributed by atoms with van der Waals surface area (Å²) in [5.41, 5.74) is 1.37. The Morgan fingerprint density at radius 2 is 1.89 bits per heavy atom. The molecule has 6 nitrogen and oxygen atoms in total. The number of rotatable bonds is 5. The number of nitrogens with zero attached hydrogens (tertiary/aromatic N) is 2. The van der Waals surface area contributed by atoms with Crippen molar-refractivity contribution < 1.29 is 13.2 Å². The standard InChI is InChI=1S/C21H29N3O3S/c1-4-8-15(2)21(25)22-18-11-13-24(14-12-18)20-16(3)19(28(26,27)23-20)17-9-6-5-7-10-17/h5-7,9-10,15,18H,4,8,11-14H2,1-3H3,(H,22,25). The molecule has 1 unspecified atom stereocenters. The first-order chi connectivity index (χ1) is 13.3. The number of nitrogens with one attached hydrogen (secondary N) is 1. The normalized spacial score (nSPS) is 20.8. The molecular formula is C21H29N3O3S. The molecule has 0 aromatic heterocycles. The van der Waals surface area contributed by atoms with Gasteiger partial charge in [0.25, 0.3) is 10.0 Å². The van der Waals surface area contributed by atoms with Crippen LogP contribution in [-0.4, -0.2) is 44.2 Å². The van der Waals surface area contributed by atoms with Crippen LogP contribution in [0.5, 0.6) is 0 Å². The van der Waals surface area contributed by atoms with Crippen LogP contribution in [0.4, 0.5) is 0 Å². The van der Waals surface area contributed by atoms with Crippen molar-refractivity contribution in [3.05, 3.63) is 41.5 Å². The number of carbonyl (C=O) groups excluding carboxylic acids is 1. The summed E-state index contributed by atoms with van der Waals surface area (Å²) >= 11 is 0. The average molecular weight is 404 g/mol. The Kier molecular flexibility index (Phi) is 6.23. The highest BCUT2D eigenvalue weighted by atomic mass is 32.2. The molecule has 1 saturated heterocycles. The first kappa shape index (κ1) is 20.6. The molecule has 2 heterocycles. The third-order valence-electron chi connectivity index (χ3n) is 5.49. The molecule has 1 fully saturated rings. The maximum absolute atomic E-state index is 12.6. The van der Waals surface area contributed by atoms with Gasteiger partial charge in [-0.1, -0.05) is 50.6 Å². The molecule has 152 valence electrons. The quantitative estimate of drug-likeness (QED) is 0.819. The average Bonchev–Trinajstić information content (AvgIpc) is 2.92. The van der Waals surface area contributed by atoms with E-state index in [-0.39, 0.29) is 17.9 Å². The van der Waals surface area contributed by atoms with E-state index < -0.39 is 10.0 Å². The van der Waals surface area contributed by atoms with E-state index in [1.165, 1.54) is 0 Å². The monoisotopic (exact) mass is 403 g/mol. The van der Waals surface area contributed by atoms with Crippen LogP contribution in [0.15, 0.2) is 40.3 Å². The molecule has 0 bridgehead atoms. The first-order valence-corrected chi connectivity index (χ1v) is 11.4. The Bertz CT molecular complexity index is 883. The summed E-state index contributed by atoms with van der Waals surface area (Å²) in [4.78, 5) is 14.6. The van der Waals surface area contributed by atoms with Gasteiger partial charge in [-0.15, -0.1) is 4.40 Å². The zero-order valence-electron chi connectivity index (χ0n) is 16.8. The van der Waals surface area contributed by atoms with E-state index in [9.17, 15) is 13.2 Å². The SMILES string of the molecule is CCCC(C)C(=O)NC1CCN(C2=NS(=O)(=O)C(c3ccccc3)=C2C)CC1. The molecule has 0 spiro atoms. The summed E-state index contributed by atoms with van der Waals surface area (Å²) in [7, 11) is -3.68. The van der Waals surface area contributed by atoms with Crippen LogP contribution in [0.3, 0.4) is 0 Å². The molecule has 2 aliphatic heterocycles. The van der Waals surface area contributed by atoms with E-state index in [1.54, 1.807) is 12.1 Å². The van der Waals surface area contributed by atoms with Gasteiger partial charge in [0.05, 0.1) is 0 Å². The second-order valence-electron chi connectivity index (χ2n) is 7.67. The van der Waals surface area contributed by atoms with Crippen molar-refractivity contribution in [3.8, 4) is 0 Å². The lowest BCUT2D eigenvalue weighted by molar-refractivity contribution is -0.125. The second kappa shape index (κ2) is 8.47. The fraction of sp³-hybridized carbons (Fsp3) is 0.524. The fourth-order valence-corrected chi connectivity index (χ4v) is 5.40. The Morgan fingerprint density at radius 3 is 2.50 bits per heavy atom. The summed E-state index contributed by atoms with van der Waals surface area (Å²) in [5.74, 6) is 0.692. The smallest absolute Gasteiger partial charge is 0.285 e. The zero-order chi connectivity index (χ0) is 20.3. The largest absolute Gasteiger partial charge is 0.356 e. The second-order valence-corrected chi connectivity index (χ2v) is 9.21. The van der Waals surface area contributed by atoms with Gasteiger partial charge >= 0.3 is 0 Å². The molecule has 1 aromatic rings. The van der Waals surface area contributed by atoms with Crippen LogP contribution in [0.2, 0.25) is 0 Å². The predicted molar refractivity (Wildman–Crippen MR) is 112 cm³/mol.